The third kappa shape index (κ3) is 4.96. The van der Waals surface area contributed by atoms with Crippen LogP contribution >= 0.6 is 0 Å². The van der Waals surface area contributed by atoms with Gasteiger partial charge in [-0.3, -0.25) is 4.68 Å². The molecule has 0 atom stereocenters. The van der Waals surface area contributed by atoms with Gasteiger partial charge in [-0.05, 0) is 51.1 Å². The van der Waals surface area contributed by atoms with Gasteiger partial charge in [0.05, 0.1) is 23.2 Å². The van der Waals surface area contributed by atoms with Crippen LogP contribution in [0.5, 0.6) is 0 Å². The molecule has 0 unspecified atom stereocenters. The Labute approximate surface area is 197 Å². The maximum absolute atomic E-state index is 14.1. The molecule has 2 heterocycles. The monoisotopic (exact) mass is 484 g/mol. The van der Waals surface area contributed by atoms with E-state index in [2.05, 4.69) is 10.4 Å². The van der Waals surface area contributed by atoms with Crippen molar-refractivity contribution in [3.63, 3.8) is 0 Å². The molecule has 0 saturated carbocycles. The Kier molecular flexibility index (Phi) is 6.18. The zero-order valence-electron chi connectivity index (χ0n) is 19.0. The molecule has 0 aliphatic carbocycles. The van der Waals surface area contributed by atoms with Crippen molar-refractivity contribution in [2.45, 2.75) is 37.8 Å². The van der Waals surface area contributed by atoms with Gasteiger partial charge in [0, 0.05) is 35.5 Å². The molecular formula is C24H25FN4O4S. The van der Waals surface area contributed by atoms with Gasteiger partial charge in [-0.2, -0.15) is 5.10 Å². The first kappa shape index (κ1) is 23.5. The third-order valence-corrected chi connectivity index (χ3v) is 6.68. The minimum absolute atomic E-state index is 0.103. The Balaban J connectivity index is 1.63. The van der Waals surface area contributed by atoms with E-state index in [0.717, 1.165) is 3.97 Å². The average molecular weight is 485 g/mol. The molecule has 0 aliphatic rings. The van der Waals surface area contributed by atoms with Crippen LogP contribution in [-0.2, 0) is 21.3 Å². The van der Waals surface area contributed by atoms with Crippen molar-refractivity contribution in [1.29, 1.82) is 0 Å². The van der Waals surface area contributed by atoms with Crippen molar-refractivity contribution < 1.29 is 22.3 Å². The van der Waals surface area contributed by atoms with Crippen molar-refractivity contribution in [2.75, 3.05) is 6.54 Å². The molecular weight excluding hydrogens is 459 g/mol. The van der Waals surface area contributed by atoms with E-state index in [1.807, 2.05) is 0 Å². The highest BCUT2D eigenvalue weighted by Gasteiger charge is 2.22. The Hall–Kier alpha value is -3.66. The second-order valence-corrected chi connectivity index (χ2v) is 10.6. The Morgan fingerprint density at radius 1 is 1.12 bits per heavy atom. The van der Waals surface area contributed by atoms with E-state index in [1.54, 1.807) is 62.1 Å². The zero-order valence-corrected chi connectivity index (χ0v) is 19.8. The van der Waals surface area contributed by atoms with Crippen LogP contribution in [0.4, 0.5) is 9.18 Å². The van der Waals surface area contributed by atoms with Crippen molar-refractivity contribution in [2.24, 2.45) is 0 Å². The number of carbonyl (C=O) groups excluding carboxylic acids is 1. The minimum Gasteiger partial charge on any atom is -0.444 e. The lowest BCUT2D eigenvalue weighted by Gasteiger charge is -2.19. The molecule has 1 N–H and O–H groups in total. The zero-order chi connectivity index (χ0) is 24.5. The lowest BCUT2D eigenvalue weighted by atomic mass is 10.1. The molecule has 178 valence electrons. The second-order valence-electron chi connectivity index (χ2n) is 8.74. The van der Waals surface area contributed by atoms with Crippen LogP contribution in [0.1, 0.15) is 20.8 Å². The normalized spacial score (nSPS) is 12.1. The number of ether oxygens (including phenoxy) is 1. The van der Waals surface area contributed by atoms with Gasteiger partial charge in [0.1, 0.15) is 11.4 Å². The highest BCUT2D eigenvalue weighted by molar-refractivity contribution is 7.90. The second kappa shape index (κ2) is 8.94. The summed E-state index contributed by atoms with van der Waals surface area (Å²) in [6.45, 7) is 6.03. The first-order valence-corrected chi connectivity index (χ1v) is 12.1. The number of benzene rings is 2. The number of amides is 1. The van der Waals surface area contributed by atoms with Crippen molar-refractivity contribution in [3.8, 4) is 11.1 Å². The van der Waals surface area contributed by atoms with Gasteiger partial charge < -0.3 is 10.1 Å². The summed E-state index contributed by atoms with van der Waals surface area (Å²) in [5.41, 5.74) is 0.909. The first-order valence-electron chi connectivity index (χ1n) is 10.7. The molecule has 10 heteroatoms. The smallest absolute Gasteiger partial charge is 0.407 e. The van der Waals surface area contributed by atoms with Crippen LogP contribution in [0.25, 0.3) is 22.0 Å². The summed E-state index contributed by atoms with van der Waals surface area (Å²) in [4.78, 5) is 11.9. The number of nitrogens with one attached hydrogen (secondary N) is 1. The standard InChI is InChI=1S/C24H25FN4O4S/c1-24(2,3)33-23(30)26-11-12-28-15-17(14-27-28)21-16-29(22-13-18(25)9-10-20(21)22)34(31,32)19-7-5-4-6-8-19/h4-10,13-16H,11-12H2,1-3H3,(H,26,30). The molecule has 34 heavy (non-hydrogen) atoms. The molecule has 0 saturated heterocycles. The van der Waals surface area contributed by atoms with E-state index >= 15 is 0 Å². The highest BCUT2D eigenvalue weighted by Crippen LogP contribution is 2.33. The fraction of sp³-hybridized carbons (Fsp3) is 0.250. The lowest BCUT2D eigenvalue weighted by Crippen LogP contribution is -2.34. The number of nitrogens with zero attached hydrogens (tertiary/aromatic N) is 3. The van der Waals surface area contributed by atoms with Crippen LogP contribution in [0.15, 0.2) is 72.0 Å². The largest absolute Gasteiger partial charge is 0.444 e. The van der Waals surface area contributed by atoms with Crippen molar-refractivity contribution >= 4 is 27.0 Å². The van der Waals surface area contributed by atoms with Crippen molar-refractivity contribution in [3.05, 3.63) is 72.9 Å². The number of hydrogen-bond acceptors (Lipinski definition) is 5. The number of alkyl carbamates (subject to hydrolysis) is 1. The maximum Gasteiger partial charge on any atom is 0.407 e. The fourth-order valence-corrected chi connectivity index (χ4v) is 4.90. The van der Waals surface area contributed by atoms with Crippen LogP contribution < -0.4 is 5.32 Å². The third-order valence-electron chi connectivity index (χ3n) is 4.99. The topological polar surface area (TPSA) is 95.2 Å². The van der Waals surface area contributed by atoms with Crippen LogP contribution in [0, 0.1) is 5.82 Å². The van der Waals surface area contributed by atoms with Gasteiger partial charge in [-0.25, -0.2) is 21.6 Å². The Morgan fingerprint density at radius 3 is 2.56 bits per heavy atom. The van der Waals surface area contributed by atoms with Crippen LogP contribution in [0.3, 0.4) is 0 Å². The number of rotatable bonds is 6. The summed E-state index contributed by atoms with van der Waals surface area (Å²) in [6.07, 6.45) is 4.31. The SMILES string of the molecule is CC(C)(C)OC(=O)NCCn1cc(-c2cn(S(=O)(=O)c3ccccc3)c3cc(F)ccc23)cn1. The van der Waals surface area contributed by atoms with Gasteiger partial charge in [-0.1, -0.05) is 18.2 Å². The molecule has 4 aromatic rings. The number of halogens is 1. The molecule has 4 rings (SSSR count). The molecule has 0 aliphatic heterocycles. The molecule has 2 aromatic carbocycles. The molecule has 0 spiro atoms. The minimum atomic E-state index is -3.94. The fourth-order valence-electron chi connectivity index (χ4n) is 3.52. The summed E-state index contributed by atoms with van der Waals surface area (Å²) in [5.74, 6) is -0.537. The van der Waals surface area contributed by atoms with E-state index in [0.29, 0.717) is 29.6 Å². The van der Waals surface area contributed by atoms with Gasteiger partial charge >= 0.3 is 6.09 Å². The Morgan fingerprint density at radius 2 is 1.85 bits per heavy atom. The van der Waals surface area contributed by atoms with E-state index in [-0.39, 0.29) is 10.4 Å². The summed E-state index contributed by atoms with van der Waals surface area (Å²) in [7, 11) is -3.94. The average Bonchev–Trinajstić information content (AvgIpc) is 3.37. The number of carbonyl (C=O) groups is 1. The van der Waals surface area contributed by atoms with Crippen molar-refractivity contribution in [1.82, 2.24) is 19.1 Å². The van der Waals surface area contributed by atoms with E-state index in [9.17, 15) is 17.6 Å². The molecule has 1 amide bonds. The molecule has 0 radical (unpaired) electrons. The molecule has 2 aromatic heterocycles. The predicted molar refractivity (Wildman–Crippen MR) is 126 cm³/mol. The number of aromatic nitrogens is 3. The Bertz CT molecular complexity index is 1440. The van der Waals surface area contributed by atoms with Gasteiger partial charge in [-0.15, -0.1) is 0 Å². The van der Waals surface area contributed by atoms with Gasteiger partial charge in [0.15, 0.2) is 0 Å². The van der Waals surface area contributed by atoms with E-state index < -0.39 is 27.5 Å². The number of fused-ring (bicyclic) bond motifs is 1. The predicted octanol–water partition coefficient (Wildman–Crippen LogP) is 4.41. The summed E-state index contributed by atoms with van der Waals surface area (Å²) in [5, 5.41) is 7.55. The summed E-state index contributed by atoms with van der Waals surface area (Å²) >= 11 is 0. The summed E-state index contributed by atoms with van der Waals surface area (Å²) in [6, 6.07) is 12.0. The molecule has 8 nitrogen and oxygen atoms in total. The van der Waals surface area contributed by atoms with E-state index in [4.69, 9.17) is 4.74 Å². The molecule has 0 bridgehead atoms. The maximum atomic E-state index is 14.1. The van der Waals surface area contributed by atoms with E-state index in [1.165, 1.54) is 30.5 Å². The van der Waals surface area contributed by atoms with Crippen LogP contribution in [0.2, 0.25) is 0 Å². The van der Waals surface area contributed by atoms with Gasteiger partial charge in [0.25, 0.3) is 10.0 Å². The summed E-state index contributed by atoms with van der Waals surface area (Å²) < 4.78 is 48.6. The first-order chi connectivity index (χ1) is 16.0. The quantitative estimate of drug-likeness (QED) is 0.438. The molecule has 0 fully saturated rings. The highest BCUT2D eigenvalue weighted by atomic mass is 32.2. The lowest BCUT2D eigenvalue weighted by molar-refractivity contribution is 0.0525. The van der Waals surface area contributed by atoms with Crippen LogP contribution in [-0.4, -0.2) is 40.4 Å². The van der Waals surface area contributed by atoms with Gasteiger partial charge in [0.2, 0.25) is 0 Å². The number of hydrogen-bond donors (Lipinski definition) is 1.